The van der Waals surface area contributed by atoms with Crippen molar-refractivity contribution in [3.05, 3.63) is 17.7 Å². The van der Waals surface area contributed by atoms with Gasteiger partial charge in [0.2, 0.25) is 11.7 Å². The molecule has 1 rings (SSSR count). The Bertz CT molecular complexity index is 451. The fourth-order valence-corrected chi connectivity index (χ4v) is 1.56. The topological polar surface area (TPSA) is 111 Å². The van der Waals surface area contributed by atoms with E-state index in [4.69, 9.17) is 4.74 Å². The predicted octanol–water partition coefficient (Wildman–Crippen LogP) is 0.0457. The van der Waals surface area contributed by atoms with Crippen LogP contribution in [-0.2, 0) is 16.1 Å². The Morgan fingerprint density at radius 3 is 2.65 bits per heavy atom. The van der Waals surface area contributed by atoms with Gasteiger partial charge in [0.25, 0.3) is 0 Å². The molecule has 0 unspecified atom stereocenters. The number of hydrogen-bond acceptors (Lipinski definition) is 6. The molecule has 0 heterocycles. The summed E-state index contributed by atoms with van der Waals surface area (Å²) in [7, 11) is 1.56. The lowest BCUT2D eigenvalue weighted by Gasteiger charge is -2.09. The second kappa shape index (κ2) is 8.23. The second-order valence-electron chi connectivity index (χ2n) is 4.21. The smallest absolute Gasteiger partial charge is 0.221 e. The van der Waals surface area contributed by atoms with Gasteiger partial charge in [0.15, 0.2) is 11.5 Å². The molecule has 0 aliphatic heterocycles. The minimum atomic E-state index is -0.540. The Labute approximate surface area is 117 Å². The van der Waals surface area contributed by atoms with Crippen LogP contribution in [0.1, 0.15) is 12.0 Å². The molecule has 1 aromatic rings. The predicted molar refractivity (Wildman–Crippen MR) is 72.6 cm³/mol. The Hall–Kier alpha value is -1.99. The zero-order chi connectivity index (χ0) is 15.0. The lowest BCUT2D eigenvalue weighted by molar-refractivity contribution is -0.121. The van der Waals surface area contributed by atoms with Gasteiger partial charge in [-0.05, 0) is 6.07 Å². The Morgan fingerprint density at radius 2 is 1.95 bits per heavy atom. The number of phenolic OH excluding ortho intramolecular Hbond substituents is 3. The molecule has 0 atom stereocenters. The molecule has 0 aliphatic carbocycles. The van der Waals surface area contributed by atoms with Crippen LogP contribution < -0.4 is 10.6 Å². The van der Waals surface area contributed by atoms with Gasteiger partial charge in [0.05, 0.1) is 6.61 Å². The largest absolute Gasteiger partial charge is 0.504 e. The van der Waals surface area contributed by atoms with Crippen molar-refractivity contribution in [2.45, 2.75) is 13.0 Å². The van der Waals surface area contributed by atoms with Crippen LogP contribution in [0.4, 0.5) is 0 Å². The zero-order valence-electron chi connectivity index (χ0n) is 11.3. The maximum atomic E-state index is 11.4. The summed E-state index contributed by atoms with van der Waals surface area (Å²) in [5, 5.41) is 33.8. The summed E-state index contributed by atoms with van der Waals surface area (Å²) in [6.45, 7) is 1.66. The van der Waals surface area contributed by atoms with Crippen molar-refractivity contribution in [3.63, 3.8) is 0 Å². The highest BCUT2D eigenvalue weighted by molar-refractivity contribution is 5.76. The van der Waals surface area contributed by atoms with Gasteiger partial charge in [-0.3, -0.25) is 4.79 Å². The van der Waals surface area contributed by atoms with Gasteiger partial charge < -0.3 is 30.7 Å². The molecule has 0 aromatic heterocycles. The first-order valence-electron chi connectivity index (χ1n) is 6.25. The molecule has 0 saturated heterocycles. The van der Waals surface area contributed by atoms with E-state index in [1.54, 1.807) is 7.11 Å². The molecular formula is C13H20N2O5. The number of hydrogen-bond donors (Lipinski definition) is 5. The van der Waals surface area contributed by atoms with Crippen molar-refractivity contribution >= 4 is 5.91 Å². The highest BCUT2D eigenvalue weighted by Crippen LogP contribution is 2.36. The number of ether oxygens (including phenoxy) is 1. The Balaban J connectivity index is 2.28. The number of phenols is 3. The van der Waals surface area contributed by atoms with E-state index in [1.807, 2.05) is 0 Å². The lowest BCUT2D eigenvalue weighted by Crippen LogP contribution is -2.29. The minimum Gasteiger partial charge on any atom is -0.504 e. The van der Waals surface area contributed by atoms with Gasteiger partial charge in [-0.15, -0.1) is 0 Å². The molecule has 0 saturated carbocycles. The molecule has 7 heteroatoms. The van der Waals surface area contributed by atoms with Crippen LogP contribution in [0.3, 0.4) is 0 Å². The molecule has 112 valence electrons. The zero-order valence-corrected chi connectivity index (χ0v) is 11.3. The fraction of sp³-hybridized carbons (Fsp3) is 0.462. The molecule has 0 radical (unpaired) electrons. The summed E-state index contributed by atoms with van der Waals surface area (Å²) < 4.78 is 4.81. The summed E-state index contributed by atoms with van der Waals surface area (Å²) in [5.41, 5.74) is 0.445. The van der Waals surface area contributed by atoms with Crippen LogP contribution in [0, 0.1) is 0 Å². The minimum absolute atomic E-state index is 0.0904. The van der Waals surface area contributed by atoms with Gasteiger partial charge >= 0.3 is 0 Å². The third-order valence-electron chi connectivity index (χ3n) is 2.69. The normalized spacial score (nSPS) is 10.4. The van der Waals surface area contributed by atoms with E-state index in [0.29, 0.717) is 31.7 Å². The van der Waals surface area contributed by atoms with E-state index < -0.39 is 5.75 Å². The molecule has 5 N–H and O–H groups in total. The first-order chi connectivity index (χ1) is 9.56. The number of rotatable bonds is 8. The Morgan fingerprint density at radius 1 is 1.20 bits per heavy atom. The molecule has 0 spiro atoms. The van der Waals surface area contributed by atoms with Crippen LogP contribution in [-0.4, -0.2) is 48.0 Å². The molecule has 7 nitrogen and oxygen atoms in total. The van der Waals surface area contributed by atoms with Crippen LogP contribution in [0.15, 0.2) is 12.1 Å². The van der Waals surface area contributed by atoms with Crippen LogP contribution in [0.5, 0.6) is 17.2 Å². The quantitative estimate of drug-likeness (QED) is 0.341. The molecule has 1 amide bonds. The molecule has 1 aromatic carbocycles. The first kappa shape index (κ1) is 16.1. The first-order valence-corrected chi connectivity index (χ1v) is 6.25. The maximum absolute atomic E-state index is 11.4. The second-order valence-corrected chi connectivity index (χ2v) is 4.21. The van der Waals surface area contributed by atoms with E-state index >= 15 is 0 Å². The standard InChI is InChI=1S/C13H20N2O5/c1-20-7-6-15-11(17)4-5-14-8-9-2-3-10(16)13(19)12(9)18/h2-3,14,16,18-19H,4-8H2,1H3,(H,15,17). The summed E-state index contributed by atoms with van der Waals surface area (Å²) in [6.07, 6.45) is 0.300. The van der Waals surface area contributed by atoms with Crippen molar-refractivity contribution in [1.82, 2.24) is 10.6 Å². The number of benzene rings is 1. The van der Waals surface area contributed by atoms with Gasteiger partial charge in [-0.2, -0.15) is 0 Å². The molecular weight excluding hydrogens is 264 g/mol. The van der Waals surface area contributed by atoms with Gasteiger partial charge in [-0.25, -0.2) is 0 Å². The highest BCUT2D eigenvalue weighted by Gasteiger charge is 2.10. The monoisotopic (exact) mass is 284 g/mol. The lowest BCUT2D eigenvalue weighted by atomic mass is 10.1. The fourth-order valence-electron chi connectivity index (χ4n) is 1.56. The van der Waals surface area contributed by atoms with Crippen molar-refractivity contribution in [1.29, 1.82) is 0 Å². The number of carbonyl (C=O) groups is 1. The number of aromatic hydroxyl groups is 3. The van der Waals surface area contributed by atoms with Gasteiger partial charge in [0, 0.05) is 38.7 Å². The van der Waals surface area contributed by atoms with Crippen molar-refractivity contribution in [2.75, 3.05) is 26.8 Å². The maximum Gasteiger partial charge on any atom is 0.221 e. The van der Waals surface area contributed by atoms with E-state index in [2.05, 4.69) is 10.6 Å². The average molecular weight is 284 g/mol. The number of nitrogens with one attached hydrogen (secondary N) is 2. The highest BCUT2D eigenvalue weighted by atomic mass is 16.5. The third kappa shape index (κ3) is 4.94. The number of methoxy groups -OCH3 is 1. The summed E-state index contributed by atoms with van der Waals surface area (Å²) in [5.74, 6) is -1.36. The summed E-state index contributed by atoms with van der Waals surface area (Å²) >= 11 is 0. The number of amides is 1. The van der Waals surface area contributed by atoms with Gasteiger partial charge in [0.1, 0.15) is 0 Å². The SMILES string of the molecule is COCCNC(=O)CCNCc1ccc(O)c(O)c1O. The molecule has 0 bridgehead atoms. The van der Waals surface area contributed by atoms with E-state index in [0.717, 1.165) is 0 Å². The van der Waals surface area contributed by atoms with Crippen LogP contribution in [0.25, 0.3) is 0 Å². The van der Waals surface area contributed by atoms with Crippen LogP contribution in [0.2, 0.25) is 0 Å². The number of carbonyl (C=O) groups excluding carboxylic acids is 1. The molecule has 20 heavy (non-hydrogen) atoms. The van der Waals surface area contributed by atoms with Crippen LogP contribution >= 0.6 is 0 Å². The van der Waals surface area contributed by atoms with Crippen molar-refractivity contribution < 1.29 is 24.9 Å². The summed E-state index contributed by atoms with van der Waals surface area (Å²) in [4.78, 5) is 11.4. The Kier molecular flexibility index (Phi) is 6.61. The van der Waals surface area contributed by atoms with E-state index in [1.165, 1.54) is 12.1 Å². The molecule has 0 fully saturated rings. The van der Waals surface area contributed by atoms with Crippen molar-refractivity contribution in [3.8, 4) is 17.2 Å². The van der Waals surface area contributed by atoms with Crippen molar-refractivity contribution in [2.24, 2.45) is 0 Å². The third-order valence-corrected chi connectivity index (χ3v) is 2.69. The van der Waals surface area contributed by atoms with E-state index in [9.17, 15) is 20.1 Å². The van der Waals surface area contributed by atoms with E-state index in [-0.39, 0.29) is 24.0 Å². The molecule has 0 aliphatic rings. The summed E-state index contributed by atoms with van der Waals surface area (Å²) in [6, 6.07) is 2.79. The average Bonchev–Trinajstić information content (AvgIpc) is 2.43. The van der Waals surface area contributed by atoms with Gasteiger partial charge in [-0.1, -0.05) is 6.07 Å².